The summed E-state index contributed by atoms with van der Waals surface area (Å²) in [4.78, 5) is 11.6. The zero-order chi connectivity index (χ0) is 25.5. The second-order valence-electron chi connectivity index (χ2n) is 10.2. The molecule has 1 aliphatic heterocycles. The third kappa shape index (κ3) is 5.32. The van der Waals surface area contributed by atoms with Gasteiger partial charge in [0.25, 0.3) is 0 Å². The summed E-state index contributed by atoms with van der Waals surface area (Å²) in [6.45, 7) is 4.50. The fourth-order valence-electron chi connectivity index (χ4n) is 5.26. The number of hydrogen-bond donors (Lipinski definition) is 2. The smallest absolute Gasteiger partial charge is 0.227 e. The molecule has 7 nitrogen and oxygen atoms in total. The zero-order valence-corrected chi connectivity index (χ0v) is 22.3. The lowest BCUT2D eigenvalue weighted by Crippen LogP contribution is -2.36. The van der Waals surface area contributed by atoms with E-state index in [2.05, 4.69) is 38.0 Å². The Hall–Kier alpha value is -2.71. The first-order valence-electron chi connectivity index (χ1n) is 12.9. The number of piperidine rings is 1. The molecule has 1 aliphatic carbocycles. The van der Waals surface area contributed by atoms with Gasteiger partial charge in [0.05, 0.1) is 35.2 Å². The minimum atomic E-state index is -0.527. The fraction of sp³-hybridized carbons (Fsp3) is 0.393. The number of anilines is 2. The van der Waals surface area contributed by atoms with Crippen LogP contribution in [0, 0.1) is 6.92 Å². The van der Waals surface area contributed by atoms with Gasteiger partial charge in [0.15, 0.2) is 0 Å². The highest BCUT2D eigenvalue weighted by Crippen LogP contribution is 2.38. The van der Waals surface area contributed by atoms with Crippen LogP contribution in [0.25, 0.3) is 10.9 Å². The second kappa shape index (κ2) is 10.2. The molecule has 1 saturated carbocycles. The Morgan fingerprint density at radius 3 is 2.54 bits per heavy atom. The molecule has 0 bridgehead atoms. The number of rotatable bonds is 7. The van der Waals surface area contributed by atoms with Crippen molar-refractivity contribution in [2.75, 3.05) is 25.0 Å². The van der Waals surface area contributed by atoms with Gasteiger partial charge in [-0.05, 0) is 87.0 Å². The van der Waals surface area contributed by atoms with E-state index < -0.39 is 6.10 Å². The van der Waals surface area contributed by atoms with Crippen LogP contribution in [0.15, 0.2) is 48.8 Å². The number of benzene rings is 2. The third-order valence-electron chi connectivity index (χ3n) is 7.60. The Balaban J connectivity index is 1.14. The molecule has 0 spiro atoms. The number of nitrogens with one attached hydrogen (secondary N) is 1. The predicted molar refractivity (Wildman–Crippen MR) is 148 cm³/mol. The fourth-order valence-corrected chi connectivity index (χ4v) is 5.71. The highest BCUT2D eigenvalue weighted by atomic mass is 35.5. The molecule has 9 heteroatoms. The maximum atomic E-state index is 10.7. The van der Waals surface area contributed by atoms with Crippen LogP contribution in [0.3, 0.4) is 0 Å². The van der Waals surface area contributed by atoms with Crippen molar-refractivity contribution in [2.45, 2.75) is 50.7 Å². The SMILES string of the molecule is Cc1c(Nc2ncc3cc(Cl)c(C4CCN(CC(O)c5ccc(Cl)cc5)CC4)cc3n2)cnn1C1CC1. The summed E-state index contributed by atoms with van der Waals surface area (Å²) in [6.07, 6.45) is 7.50. The molecule has 192 valence electrons. The van der Waals surface area contributed by atoms with Crippen LogP contribution in [0.1, 0.15) is 60.6 Å². The summed E-state index contributed by atoms with van der Waals surface area (Å²) in [6, 6.07) is 12.0. The maximum Gasteiger partial charge on any atom is 0.227 e. The number of aromatic nitrogens is 4. The molecule has 3 heterocycles. The van der Waals surface area contributed by atoms with E-state index in [9.17, 15) is 5.11 Å². The molecular formula is C28H30Cl2N6O. The van der Waals surface area contributed by atoms with E-state index in [1.54, 1.807) is 0 Å². The summed E-state index contributed by atoms with van der Waals surface area (Å²) >= 11 is 12.7. The van der Waals surface area contributed by atoms with Gasteiger partial charge in [-0.3, -0.25) is 4.68 Å². The summed E-state index contributed by atoms with van der Waals surface area (Å²) in [7, 11) is 0. The Kier molecular flexibility index (Phi) is 6.80. The molecule has 4 aromatic rings. The number of aliphatic hydroxyl groups excluding tert-OH is 1. The molecule has 6 rings (SSSR count). The van der Waals surface area contributed by atoms with Crippen LogP contribution in [-0.4, -0.2) is 49.4 Å². The summed E-state index contributed by atoms with van der Waals surface area (Å²) < 4.78 is 2.09. The van der Waals surface area contributed by atoms with Gasteiger partial charge in [-0.15, -0.1) is 0 Å². The minimum absolute atomic E-state index is 0.353. The number of hydrogen-bond acceptors (Lipinski definition) is 6. The van der Waals surface area contributed by atoms with Gasteiger partial charge in [0, 0.05) is 28.2 Å². The lowest BCUT2D eigenvalue weighted by atomic mass is 9.88. The van der Waals surface area contributed by atoms with Crippen LogP contribution < -0.4 is 5.32 Å². The van der Waals surface area contributed by atoms with Gasteiger partial charge < -0.3 is 15.3 Å². The van der Waals surface area contributed by atoms with E-state index >= 15 is 0 Å². The normalized spacial score (nSPS) is 17.8. The van der Waals surface area contributed by atoms with Crippen molar-refractivity contribution in [2.24, 2.45) is 0 Å². The molecule has 0 amide bonds. The van der Waals surface area contributed by atoms with Crippen molar-refractivity contribution in [1.29, 1.82) is 0 Å². The van der Waals surface area contributed by atoms with Gasteiger partial charge in [0.2, 0.25) is 5.95 Å². The first kappa shape index (κ1) is 24.6. The van der Waals surface area contributed by atoms with E-state index in [1.165, 1.54) is 12.8 Å². The van der Waals surface area contributed by atoms with Gasteiger partial charge in [0.1, 0.15) is 0 Å². The van der Waals surface area contributed by atoms with Crippen LogP contribution >= 0.6 is 23.2 Å². The topological polar surface area (TPSA) is 79.1 Å². The Morgan fingerprint density at radius 2 is 1.81 bits per heavy atom. The number of aliphatic hydroxyl groups is 1. The monoisotopic (exact) mass is 536 g/mol. The zero-order valence-electron chi connectivity index (χ0n) is 20.7. The van der Waals surface area contributed by atoms with Crippen LogP contribution in [0.2, 0.25) is 10.0 Å². The highest BCUT2D eigenvalue weighted by molar-refractivity contribution is 6.32. The van der Waals surface area contributed by atoms with Gasteiger partial charge in [-0.1, -0.05) is 35.3 Å². The Morgan fingerprint density at radius 1 is 1.05 bits per heavy atom. The highest BCUT2D eigenvalue weighted by Gasteiger charge is 2.27. The van der Waals surface area contributed by atoms with Crippen LogP contribution in [0.5, 0.6) is 0 Å². The molecule has 1 atom stereocenters. The van der Waals surface area contributed by atoms with Crippen molar-refractivity contribution in [3.05, 3.63) is 75.7 Å². The first-order chi connectivity index (χ1) is 17.9. The van der Waals surface area contributed by atoms with Crippen molar-refractivity contribution in [3.8, 4) is 0 Å². The van der Waals surface area contributed by atoms with Gasteiger partial charge >= 0.3 is 0 Å². The predicted octanol–water partition coefficient (Wildman–Crippen LogP) is 6.43. The average Bonchev–Trinajstić information content (AvgIpc) is 3.68. The van der Waals surface area contributed by atoms with Gasteiger partial charge in [-0.25, -0.2) is 9.97 Å². The van der Waals surface area contributed by atoms with Crippen LogP contribution in [0.4, 0.5) is 11.6 Å². The van der Waals surface area contributed by atoms with Crippen molar-refractivity contribution >= 4 is 45.7 Å². The van der Waals surface area contributed by atoms with Crippen molar-refractivity contribution in [1.82, 2.24) is 24.6 Å². The number of β-amino-alcohol motifs (C(OH)–C–C–N with tert-alkyl or cyclic N) is 1. The number of likely N-dealkylation sites (tertiary alicyclic amines) is 1. The number of fused-ring (bicyclic) bond motifs is 1. The molecule has 2 aromatic heterocycles. The average molecular weight is 537 g/mol. The summed E-state index contributed by atoms with van der Waals surface area (Å²) in [5.74, 6) is 0.913. The van der Waals surface area contributed by atoms with Crippen molar-refractivity contribution < 1.29 is 5.11 Å². The molecular weight excluding hydrogens is 507 g/mol. The lowest BCUT2D eigenvalue weighted by Gasteiger charge is -2.33. The largest absolute Gasteiger partial charge is 0.387 e. The molecule has 1 unspecified atom stereocenters. The molecule has 0 radical (unpaired) electrons. The first-order valence-corrected chi connectivity index (χ1v) is 13.6. The lowest BCUT2D eigenvalue weighted by molar-refractivity contribution is 0.0973. The maximum absolute atomic E-state index is 10.7. The minimum Gasteiger partial charge on any atom is -0.387 e. The standard InChI is InChI=1S/C28H30Cl2N6O/c1-17-26(15-32-36(17)22-6-7-22)34-28-31-14-20-12-24(30)23(13-25(20)33-28)18-8-10-35(11-9-18)16-27(37)19-2-4-21(29)5-3-19/h2-5,12-15,18,22,27,37H,6-11,16H2,1H3,(H,31,33,34). The number of nitrogens with zero attached hydrogens (tertiary/aromatic N) is 5. The Labute approximate surface area is 226 Å². The van der Waals surface area contributed by atoms with E-state index in [-0.39, 0.29) is 0 Å². The second-order valence-corrected chi connectivity index (χ2v) is 11.1. The molecule has 2 N–H and O–H groups in total. The van der Waals surface area contributed by atoms with Gasteiger partial charge in [-0.2, -0.15) is 5.10 Å². The molecule has 2 aromatic carbocycles. The molecule has 2 fully saturated rings. The van der Waals surface area contributed by atoms with E-state index in [0.29, 0.717) is 29.5 Å². The third-order valence-corrected chi connectivity index (χ3v) is 8.17. The van der Waals surface area contributed by atoms with E-state index in [4.69, 9.17) is 28.2 Å². The summed E-state index contributed by atoms with van der Waals surface area (Å²) in [5, 5.41) is 20.9. The quantitative estimate of drug-likeness (QED) is 0.283. The summed E-state index contributed by atoms with van der Waals surface area (Å²) in [5.41, 5.74) is 4.95. The molecule has 1 saturated heterocycles. The molecule has 2 aliphatic rings. The van der Waals surface area contributed by atoms with E-state index in [1.807, 2.05) is 42.7 Å². The van der Waals surface area contributed by atoms with Crippen LogP contribution in [-0.2, 0) is 0 Å². The number of halogens is 2. The molecule has 37 heavy (non-hydrogen) atoms. The van der Waals surface area contributed by atoms with Crippen molar-refractivity contribution in [3.63, 3.8) is 0 Å². The Bertz CT molecular complexity index is 1410. The van der Waals surface area contributed by atoms with E-state index in [0.717, 1.165) is 64.4 Å².